The third-order valence-corrected chi connectivity index (χ3v) is 3.58. The van der Waals surface area contributed by atoms with Gasteiger partial charge < -0.3 is 14.6 Å². The fourth-order valence-electron chi connectivity index (χ4n) is 2.26. The highest BCUT2D eigenvalue weighted by molar-refractivity contribution is 5.30. The van der Waals surface area contributed by atoms with E-state index in [1.54, 1.807) is 0 Å². The molecule has 0 saturated carbocycles. The van der Waals surface area contributed by atoms with Crippen LogP contribution in [0.15, 0.2) is 36.8 Å². The fourth-order valence-corrected chi connectivity index (χ4v) is 2.26. The molecule has 0 radical (unpaired) electrons. The number of hydrogen-bond donors (Lipinski definition) is 1. The zero-order chi connectivity index (χ0) is 15.1. The highest BCUT2D eigenvalue weighted by Gasteiger charge is 2.06. The zero-order valence-electron chi connectivity index (χ0n) is 13.2. The van der Waals surface area contributed by atoms with E-state index in [9.17, 15) is 0 Å². The SMILES string of the molecule is CCCNC(C)c1cccc(OCc2cncn2CC)c1. The Morgan fingerprint density at radius 3 is 2.95 bits per heavy atom. The van der Waals surface area contributed by atoms with Crippen molar-refractivity contribution in [2.45, 2.75) is 46.4 Å². The van der Waals surface area contributed by atoms with E-state index in [2.05, 4.69) is 47.8 Å². The van der Waals surface area contributed by atoms with Crippen LogP contribution in [0.3, 0.4) is 0 Å². The van der Waals surface area contributed by atoms with E-state index < -0.39 is 0 Å². The number of rotatable bonds is 8. The standard InChI is InChI=1S/C17H25N3O/c1-4-9-19-14(3)15-7-6-8-17(10-15)21-12-16-11-18-13-20(16)5-2/h6-8,10-11,13-14,19H,4-5,9,12H2,1-3H3. The van der Waals surface area contributed by atoms with Gasteiger partial charge in [-0.3, -0.25) is 0 Å². The predicted molar refractivity (Wildman–Crippen MR) is 85.4 cm³/mol. The minimum atomic E-state index is 0.342. The summed E-state index contributed by atoms with van der Waals surface area (Å²) in [6, 6.07) is 8.64. The number of nitrogens with one attached hydrogen (secondary N) is 1. The molecule has 0 spiro atoms. The van der Waals surface area contributed by atoms with Crippen molar-refractivity contribution < 1.29 is 4.74 Å². The van der Waals surface area contributed by atoms with Crippen LogP contribution in [0.4, 0.5) is 0 Å². The molecule has 1 N–H and O–H groups in total. The van der Waals surface area contributed by atoms with Crippen molar-refractivity contribution in [2.75, 3.05) is 6.54 Å². The average Bonchev–Trinajstić information content (AvgIpc) is 2.98. The van der Waals surface area contributed by atoms with Crippen LogP contribution in [-0.2, 0) is 13.2 Å². The van der Waals surface area contributed by atoms with E-state index in [4.69, 9.17) is 4.74 Å². The summed E-state index contributed by atoms with van der Waals surface area (Å²) in [6.07, 6.45) is 4.84. The van der Waals surface area contributed by atoms with Gasteiger partial charge in [-0.15, -0.1) is 0 Å². The van der Waals surface area contributed by atoms with Crippen LogP contribution in [0, 0.1) is 0 Å². The van der Waals surface area contributed by atoms with Gasteiger partial charge in [-0.1, -0.05) is 19.1 Å². The lowest BCUT2D eigenvalue weighted by Gasteiger charge is -2.15. The molecule has 1 heterocycles. The molecule has 4 nitrogen and oxygen atoms in total. The first-order valence-electron chi connectivity index (χ1n) is 7.69. The molecule has 1 atom stereocenters. The molecular formula is C17H25N3O. The summed E-state index contributed by atoms with van der Waals surface area (Å²) >= 11 is 0. The van der Waals surface area contributed by atoms with Crippen molar-refractivity contribution >= 4 is 0 Å². The molecule has 0 aliphatic heterocycles. The van der Waals surface area contributed by atoms with Gasteiger partial charge in [-0.2, -0.15) is 0 Å². The Morgan fingerprint density at radius 1 is 1.33 bits per heavy atom. The van der Waals surface area contributed by atoms with Crippen LogP contribution >= 0.6 is 0 Å². The molecule has 0 aliphatic carbocycles. The summed E-state index contributed by atoms with van der Waals surface area (Å²) in [5.74, 6) is 0.904. The Bertz CT molecular complexity index is 550. The van der Waals surface area contributed by atoms with Crippen molar-refractivity contribution in [1.82, 2.24) is 14.9 Å². The average molecular weight is 287 g/mol. The number of nitrogens with zero attached hydrogens (tertiary/aromatic N) is 2. The number of imidazole rings is 1. The minimum Gasteiger partial charge on any atom is -0.487 e. The molecule has 1 unspecified atom stereocenters. The van der Waals surface area contributed by atoms with Gasteiger partial charge in [0.05, 0.1) is 18.2 Å². The molecule has 0 amide bonds. The Kier molecular flexibility index (Phi) is 5.81. The largest absolute Gasteiger partial charge is 0.487 e. The van der Waals surface area contributed by atoms with Crippen LogP contribution in [0.2, 0.25) is 0 Å². The van der Waals surface area contributed by atoms with Crippen molar-refractivity contribution in [3.05, 3.63) is 48.0 Å². The van der Waals surface area contributed by atoms with Gasteiger partial charge in [-0.25, -0.2) is 4.98 Å². The van der Waals surface area contributed by atoms with E-state index >= 15 is 0 Å². The molecular weight excluding hydrogens is 262 g/mol. The minimum absolute atomic E-state index is 0.342. The molecule has 0 bridgehead atoms. The lowest BCUT2D eigenvalue weighted by Crippen LogP contribution is -2.19. The monoisotopic (exact) mass is 287 g/mol. The molecule has 0 fully saturated rings. The highest BCUT2D eigenvalue weighted by Crippen LogP contribution is 2.20. The van der Waals surface area contributed by atoms with Crippen molar-refractivity contribution in [1.29, 1.82) is 0 Å². The topological polar surface area (TPSA) is 39.1 Å². The van der Waals surface area contributed by atoms with Gasteiger partial charge in [0.1, 0.15) is 12.4 Å². The Balaban J connectivity index is 1.97. The Morgan fingerprint density at radius 2 is 2.19 bits per heavy atom. The maximum atomic E-state index is 5.90. The maximum absolute atomic E-state index is 5.90. The first-order valence-corrected chi connectivity index (χ1v) is 7.69. The zero-order valence-corrected chi connectivity index (χ0v) is 13.2. The van der Waals surface area contributed by atoms with E-state index in [0.29, 0.717) is 12.6 Å². The van der Waals surface area contributed by atoms with Crippen molar-refractivity contribution in [2.24, 2.45) is 0 Å². The van der Waals surface area contributed by atoms with Crippen LogP contribution in [0.1, 0.15) is 44.5 Å². The van der Waals surface area contributed by atoms with E-state index in [1.807, 2.05) is 24.7 Å². The van der Waals surface area contributed by atoms with Gasteiger partial charge in [0, 0.05) is 12.6 Å². The smallest absolute Gasteiger partial charge is 0.130 e. The molecule has 2 rings (SSSR count). The van der Waals surface area contributed by atoms with Gasteiger partial charge in [-0.05, 0) is 44.5 Å². The summed E-state index contributed by atoms with van der Waals surface area (Å²) in [7, 11) is 0. The second kappa shape index (κ2) is 7.84. The molecule has 4 heteroatoms. The van der Waals surface area contributed by atoms with E-state index in [0.717, 1.165) is 31.0 Å². The summed E-state index contributed by atoms with van der Waals surface area (Å²) in [6.45, 7) is 8.96. The first kappa shape index (κ1) is 15.6. The van der Waals surface area contributed by atoms with Crippen LogP contribution in [-0.4, -0.2) is 16.1 Å². The van der Waals surface area contributed by atoms with Crippen molar-refractivity contribution in [3.63, 3.8) is 0 Å². The third kappa shape index (κ3) is 4.33. The molecule has 0 saturated heterocycles. The highest BCUT2D eigenvalue weighted by atomic mass is 16.5. The second-order valence-corrected chi connectivity index (χ2v) is 5.21. The lowest BCUT2D eigenvalue weighted by molar-refractivity contribution is 0.295. The number of aromatic nitrogens is 2. The molecule has 0 aliphatic rings. The second-order valence-electron chi connectivity index (χ2n) is 5.21. The summed E-state index contributed by atoms with van der Waals surface area (Å²) < 4.78 is 7.99. The van der Waals surface area contributed by atoms with Gasteiger partial charge in [0.15, 0.2) is 0 Å². The van der Waals surface area contributed by atoms with Crippen LogP contribution < -0.4 is 10.1 Å². The van der Waals surface area contributed by atoms with E-state index in [1.165, 1.54) is 5.56 Å². The quantitative estimate of drug-likeness (QED) is 0.807. The maximum Gasteiger partial charge on any atom is 0.130 e. The van der Waals surface area contributed by atoms with E-state index in [-0.39, 0.29) is 0 Å². The molecule has 1 aromatic carbocycles. The normalized spacial score (nSPS) is 12.3. The van der Waals surface area contributed by atoms with Crippen LogP contribution in [0.5, 0.6) is 5.75 Å². The molecule has 114 valence electrons. The lowest BCUT2D eigenvalue weighted by atomic mass is 10.1. The fraction of sp³-hybridized carbons (Fsp3) is 0.471. The number of ether oxygens (including phenoxy) is 1. The Labute approximate surface area is 127 Å². The summed E-state index contributed by atoms with van der Waals surface area (Å²) in [5, 5.41) is 3.49. The number of aryl methyl sites for hydroxylation is 1. The number of hydrogen-bond acceptors (Lipinski definition) is 3. The first-order chi connectivity index (χ1) is 10.2. The summed E-state index contributed by atoms with van der Waals surface area (Å²) in [4.78, 5) is 4.16. The Hall–Kier alpha value is -1.81. The molecule has 1 aromatic heterocycles. The number of benzene rings is 1. The van der Waals surface area contributed by atoms with Crippen LogP contribution in [0.25, 0.3) is 0 Å². The third-order valence-electron chi connectivity index (χ3n) is 3.58. The predicted octanol–water partition coefficient (Wildman–Crippen LogP) is 3.54. The molecule has 21 heavy (non-hydrogen) atoms. The summed E-state index contributed by atoms with van der Waals surface area (Å²) in [5.41, 5.74) is 2.35. The van der Waals surface area contributed by atoms with Gasteiger partial charge in [0.25, 0.3) is 0 Å². The molecule has 2 aromatic rings. The van der Waals surface area contributed by atoms with Gasteiger partial charge in [0.2, 0.25) is 0 Å². The van der Waals surface area contributed by atoms with Crippen molar-refractivity contribution in [3.8, 4) is 5.75 Å². The van der Waals surface area contributed by atoms with Gasteiger partial charge >= 0.3 is 0 Å².